The Hall–Kier alpha value is -5.19. The molecule has 0 radical (unpaired) electrons. The second-order valence-electron chi connectivity index (χ2n) is 9.33. The Morgan fingerprint density at radius 2 is 1.68 bits per heavy atom. The van der Waals surface area contributed by atoms with Gasteiger partial charge in [-0.25, -0.2) is 19.5 Å². The van der Waals surface area contributed by atoms with Crippen LogP contribution < -0.4 is 15.0 Å². The summed E-state index contributed by atoms with van der Waals surface area (Å²) < 4.78 is 17.8. The van der Waals surface area contributed by atoms with E-state index in [2.05, 4.69) is 15.3 Å². The van der Waals surface area contributed by atoms with Gasteiger partial charge in [-0.2, -0.15) is 4.98 Å². The number of hydrogen-bond acceptors (Lipinski definition) is 8. The molecule has 41 heavy (non-hydrogen) atoms. The highest BCUT2D eigenvalue weighted by Crippen LogP contribution is 2.35. The van der Waals surface area contributed by atoms with E-state index in [4.69, 9.17) is 14.2 Å². The molecule has 0 bridgehead atoms. The summed E-state index contributed by atoms with van der Waals surface area (Å²) in [5, 5.41) is 2.68. The summed E-state index contributed by atoms with van der Waals surface area (Å²) >= 11 is 0. The monoisotopic (exact) mass is 555 g/mol. The van der Waals surface area contributed by atoms with Crippen molar-refractivity contribution in [3.05, 3.63) is 85.2 Å². The molecule has 210 valence electrons. The molecule has 2 unspecified atom stereocenters. The highest BCUT2D eigenvalue weighted by molar-refractivity contribution is 5.98. The highest BCUT2D eigenvalue weighted by atomic mass is 16.7. The fraction of sp³-hybridized carbons (Fsp3) is 0.233. The third-order valence-electron chi connectivity index (χ3n) is 6.41. The van der Waals surface area contributed by atoms with E-state index < -0.39 is 12.2 Å². The Kier molecular flexibility index (Phi) is 8.23. The van der Waals surface area contributed by atoms with Crippen LogP contribution in [0.3, 0.4) is 0 Å². The molecule has 11 heteroatoms. The van der Waals surface area contributed by atoms with Gasteiger partial charge in [0.25, 0.3) is 5.88 Å². The van der Waals surface area contributed by atoms with Crippen LogP contribution in [0.15, 0.2) is 85.2 Å². The van der Waals surface area contributed by atoms with Crippen LogP contribution in [0.2, 0.25) is 0 Å². The van der Waals surface area contributed by atoms with Crippen LogP contribution in [0.1, 0.15) is 26.3 Å². The average molecular weight is 556 g/mol. The number of fused-ring (bicyclic) bond motifs is 1. The SMILES string of the molecule is CCOC(=O)OCC1C=CC(n2cnc3c(OC(=O)N(c4ccccc4)c4ccccc4)nc(NC(C)=O)cc32)C1. The minimum absolute atomic E-state index is 0.0129. The summed E-state index contributed by atoms with van der Waals surface area (Å²) in [5.74, 6) is -0.172. The van der Waals surface area contributed by atoms with Crippen LogP contribution in [0, 0.1) is 5.92 Å². The van der Waals surface area contributed by atoms with Crippen LogP contribution >= 0.6 is 0 Å². The number of rotatable bonds is 8. The van der Waals surface area contributed by atoms with Gasteiger partial charge in [0.1, 0.15) is 12.4 Å². The third-order valence-corrected chi connectivity index (χ3v) is 6.41. The quantitative estimate of drug-likeness (QED) is 0.207. The lowest BCUT2D eigenvalue weighted by Gasteiger charge is -2.22. The first-order valence-corrected chi connectivity index (χ1v) is 13.2. The molecule has 2 atom stereocenters. The maximum Gasteiger partial charge on any atom is 0.508 e. The maximum absolute atomic E-state index is 13.6. The first-order valence-electron chi connectivity index (χ1n) is 13.2. The van der Waals surface area contributed by atoms with Crippen molar-refractivity contribution < 1.29 is 28.6 Å². The fourth-order valence-electron chi connectivity index (χ4n) is 4.64. The number of benzene rings is 2. The molecule has 0 saturated carbocycles. The predicted molar refractivity (Wildman–Crippen MR) is 152 cm³/mol. The summed E-state index contributed by atoms with van der Waals surface area (Å²) in [7, 11) is 0. The van der Waals surface area contributed by atoms with Crippen molar-refractivity contribution in [1.29, 1.82) is 0 Å². The van der Waals surface area contributed by atoms with Crippen molar-refractivity contribution in [2.24, 2.45) is 5.92 Å². The fourth-order valence-corrected chi connectivity index (χ4v) is 4.64. The Balaban J connectivity index is 1.45. The number of pyridine rings is 1. The van der Waals surface area contributed by atoms with Crippen LogP contribution in [-0.4, -0.2) is 45.9 Å². The molecule has 11 nitrogen and oxygen atoms in total. The molecular weight excluding hydrogens is 526 g/mol. The molecular formula is C30H29N5O6. The second-order valence-corrected chi connectivity index (χ2v) is 9.33. The zero-order chi connectivity index (χ0) is 28.8. The van der Waals surface area contributed by atoms with Crippen LogP contribution in [-0.2, 0) is 14.3 Å². The number of aromatic nitrogens is 3. The number of para-hydroxylation sites is 2. The smallest absolute Gasteiger partial charge is 0.435 e. The molecule has 5 rings (SSSR count). The minimum Gasteiger partial charge on any atom is -0.435 e. The lowest BCUT2D eigenvalue weighted by atomic mass is 10.1. The van der Waals surface area contributed by atoms with Gasteiger partial charge < -0.3 is 24.1 Å². The number of imidazole rings is 1. The molecule has 2 aromatic heterocycles. The maximum atomic E-state index is 13.6. The van der Waals surface area contributed by atoms with E-state index >= 15 is 0 Å². The van der Waals surface area contributed by atoms with Crippen LogP contribution in [0.4, 0.5) is 26.8 Å². The van der Waals surface area contributed by atoms with Crippen molar-refractivity contribution >= 4 is 46.4 Å². The van der Waals surface area contributed by atoms with E-state index in [1.165, 1.54) is 11.8 Å². The van der Waals surface area contributed by atoms with Crippen molar-refractivity contribution in [2.45, 2.75) is 26.3 Å². The number of carbonyl (C=O) groups is 3. The average Bonchev–Trinajstić information content (AvgIpc) is 3.60. The van der Waals surface area contributed by atoms with Gasteiger partial charge in [-0.15, -0.1) is 0 Å². The van der Waals surface area contributed by atoms with E-state index in [9.17, 15) is 14.4 Å². The molecule has 0 saturated heterocycles. The standard InChI is InChI=1S/C30H29N5O6/c1-3-39-30(38)40-18-21-14-15-24(16-21)34-19-31-27-25(34)17-26(32-20(2)36)33-28(27)41-29(37)35(22-10-6-4-7-11-22)23-12-8-5-9-13-23/h4-15,17,19,21,24H,3,16,18H2,1-2H3,(H,32,33,36). The van der Waals surface area contributed by atoms with Gasteiger partial charge in [0.2, 0.25) is 5.91 Å². The van der Waals surface area contributed by atoms with E-state index in [0.717, 1.165) is 0 Å². The second kappa shape index (κ2) is 12.3. The Labute approximate surface area is 236 Å². The molecule has 2 amide bonds. The van der Waals surface area contributed by atoms with Crippen LogP contribution in [0.25, 0.3) is 11.0 Å². The molecule has 1 aliphatic rings. The topological polar surface area (TPSA) is 125 Å². The number of anilines is 3. The van der Waals surface area contributed by atoms with Crippen LogP contribution in [0.5, 0.6) is 5.88 Å². The van der Waals surface area contributed by atoms with Gasteiger partial charge in [0.05, 0.1) is 35.9 Å². The number of ether oxygens (including phenoxy) is 3. The number of nitrogens with zero attached hydrogens (tertiary/aromatic N) is 4. The van der Waals surface area contributed by atoms with Crippen molar-refractivity contribution in [3.63, 3.8) is 0 Å². The molecule has 0 aliphatic heterocycles. The number of hydrogen-bond donors (Lipinski definition) is 1. The molecule has 0 fully saturated rings. The van der Waals surface area contributed by atoms with Gasteiger partial charge in [-0.3, -0.25) is 4.79 Å². The van der Waals surface area contributed by atoms with E-state index in [1.54, 1.807) is 43.6 Å². The van der Waals surface area contributed by atoms with Crippen molar-refractivity contribution in [1.82, 2.24) is 14.5 Å². The van der Waals surface area contributed by atoms with Gasteiger partial charge in [-0.1, -0.05) is 48.6 Å². The summed E-state index contributed by atoms with van der Waals surface area (Å²) in [5.41, 5.74) is 2.18. The Bertz CT molecular complexity index is 1530. The summed E-state index contributed by atoms with van der Waals surface area (Å²) in [4.78, 5) is 47.5. The number of allylic oxidation sites excluding steroid dienone is 1. The van der Waals surface area contributed by atoms with E-state index in [-0.39, 0.29) is 42.8 Å². The minimum atomic E-state index is -0.699. The van der Waals surface area contributed by atoms with E-state index in [1.807, 2.05) is 53.1 Å². The predicted octanol–water partition coefficient (Wildman–Crippen LogP) is 6.02. The first kappa shape index (κ1) is 27.4. The molecule has 0 spiro atoms. The van der Waals surface area contributed by atoms with Gasteiger partial charge in [-0.05, 0) is 37.6 Å². The Morgan fingerprint density at radius 1 is 1.00 bits per heavy atom. The largest absolute Gasteiger partial charge is 0.508 e. The number of amides is 2. The summed E-state index contributed by atoms with van der Waals surface area (Å²) in [6, 6.07) is 19.8. The summed E-state index contributed by atoms with van der Waals surface area (Å²) in [6.45, 7) is 3.52. The van der Waals surface area contributed by atoms with Gasteiger partial charge in [0, 0.05) is 18.9 Å². The normalized spacial score (nSPS) is 15.9. The van der Waals surface area contributed by atoms with Crippen molar-refractivity contribution in [2.75, 3.05) is 23.4 Å². The number of carbonyl (C=O) groups excluding carboxylic acids is 3. The van der Waals surface area contributed by atoms with E-state index in [0.29, 0.717) is 28.8 Å². The zero-order valence-corrected chi connectivity index (χ0v) is 22.6. The van der Waals surface area contributed by atoms with Gasteiger partial charge in [0.15, 0.2) is 5.52 Å². The lowest BCUT2D eigenvalue weighted by Crippen LogP contribution is -2.29. The molecule has 1 aliphatic carbocycles. The first-order chi connectivity index (χ1) is 19.9. The zero-order valence-electron chi connectivity index (χ0n) is 22.6. The Morgan fingerprint density at radius 3 is 2.32 bits per heavy atom. The molecule has 2 heterocycles. The number of nitrogens with one attached hydrogen (secondary N) is 1. The lowest BCUT2D eigenvalue weighted by molar-refractivity contribution is -0.114. The molecule has 2 aromatic carbocycles. The van der Waals surface area contributed by atoms with Crippen molar-refractivity contribution in [3.8, 4) is 5.88 Å². The third kappa shape index (κ3) is 6.35. The highest BCUT2D eigenvalue weighted by Gasteiger charge is 2.27. The van der Waals surface area contributed by atoms with Gasteiger partial charge >= 0.3 is 12.2 Å². The molecule has 4 aromatic rings. The summed E-state index contributed by atoms with van der Waals surface area (Å²) in [6.07, 6.45) is 4.86. The molecule has 1 N–H and O–H groups in total.